The number of carbonyl (C=O) groups is 1. The second kappa shape index (κ2) is 9.42. The largest absolute Gasteiger partial charge is 0.493 e. The minimum atomic E-state index is -0.156. The lowest BCUT2D eigenvalue weighted by Gasteiger charge is -2.21. The Bertz CT molecular complexity index is 905. The van der Waals surface area contributed by atoms with Gasteiger partial charge in [0, 0.05) is 12.1 Å². The zero-order valence-electron chi connectivity index (χ0n) is 16.8. The first-order valence-corrected chi connectivity index (χ1v) is 9.73. The zero-order chi connectivity index (χ0) is 19.9. The first-order valence-electron chi connectivity index (χ1n) is 9.73. The lowest BCUT2D eigenvalue weighted by molar-refractivity contribution is -0.122. The molecule has 0 spiro atoms. The van der Waals surface area contributed by atoms with E-state index in [2.05, 4.69) is 30.4 Å². The van der Waals surface area contributed by atoms with Crippen LogP contribution in [0.3, 0.4) is 0 Å². The number of amides is 1. The van der Waals surface area contributed by atoms with E-state index >= 15 is 0 Å². The molecule has 0 bridgehead atoms. The molecular formula is C23H28N2O3. The smallest absolute Gasteiger partial charge is 0.234 e. The van der Waals surface area contributed by atoms with Crippen molar-refractivity contribution in [3.63, 3.8) is 0 Å². The quantitative estimate of drug-likeness (QED) is 0.592. The van der Waals surface area contributed by atoms with E-state index in [9.17, 15) is 4.79 Å². The molecule has 0 saturated heterocycles. The molecule has 2 aromatic carbocycles. The molecule has 0 aliphatic heterocycles. The van der Waals surface area contributed by atoms with E-state index in [1.54, 1.807) is 6.26 Å². The summed E-state index contributed by atoms with van der Waals surface area (Å²) in [5.74, 6) is 1.60. The van der Waals surface area contributed by atoms with Crippen LogP contribution in [0.15, 0.2) is 59.2 Å². The first-order chi connectivity index (χ1) is 13.6. The van der Waals surface area contributed by atoms with Gasteiger partial charge in [0.05, 0.1) is 25.5 Å². The highest BCUT2D eigenvalue weighted by Gasteiger charge is 2.16. The van der Waals surface area contributed by atoms with Gasteiger partial charge >= 0.3 is 0 Å². The van der Waals surface area contributed by atoms with Crippen LogP contribution in [0.1, 0.15) is 37.6 Å². The number of rotatable bonds is 9. The molecule has 3 rings (SSSR count). The van der Waals surface area contributed by atoms with Gasteiger partial charge in [0.2, 0.25) is 5.91 Å². The molecule has 0 aliphatic rings. The number of nitrogens with one attached hydrogen (secondary N) is 1. The Morgan fingerprint density at radius 1 is 1.18 bits per heavy atom. The number of benzene rings is 2. The summed E-state index contributed by atoms with van der Waals surface area (Å²) >= 11 is 0. The Labute approximate surface area is 166 Å². The summed E-state index contributed by atoms with van der Waals surface area (Å²) in [6.07, 6.45) is 2.57. The van der Waals surface area contributed by atoms with Gasteiger partial charge in [-0.3, -0.25) is 9.69 Å². The molecule has 0 aliphatic carbocycles. The van der Waals surface area contributed by atoms with Gasteiger partial charge in [-0.1, -0.05) is 37.3 Å². The second-order valence-electron chi connectivity index (χ2n) is 7.09. The van der Waals surface area contributed by atoms with Crippen LogP contribution in [0.25, 0.3) is 10.8 Å². The van der Waals surface area contributed by atoms with Crippen molar-refractivity contribution in [1.29, 1.82) is 0 Å². The molecule has 1 heterocycles. The summed E-state index contributed by atoms with van der Waals surface area (Å²) in [5.41, 5.74) is 1.11. The van der Waals surface area contributed by atoms with Crippen molar-refractivity contribution in [2.75, 3.05) is 20.2 Å². The molecule has 0 radical (unpaired) electrons. The molecule has 3 aromatic rings. The highest BCUT2D eigenvalue weighted by molar-refractivity contribution is 5.87. The summed E-state index contributed by atoms with van der Waals surface area (Å²) in [5, 5.41) is 5.31. The molecule has 5 heteroatoms. The van der Waals surface area contributed by atoms with E-state index in [1.807, 2.05) is 49.2 Å². The highest BCUT2D eigenvalue weighted by Crippen LogP contribution is 2.29. The zero-order valence-corrected chi connectivity index (χ0v) is 16.8. The van der Waals surface area contributed by atoms with Crippen molar-refractivity contribution < 1.29 is 13.9 Å². The van der Waals surface area contributed by atoms with Crippen molar-refractivity contribution in [2.24, 2.45) is 0 Å². The Kier molecular flexibility index (Phi) is 6.71. The van der Waals surface area contributed by atoms with Crippen LogP contribution in [-0.4, -0.2) is 31.0 Å². The fourth-order valence-electron chi connectivity index (χ4n) is 3.29. The normalized spacial score (nSPS) is 12.3. The minimum absolute atomic E-state index is 0.0392. The molecular weight excluding hydrogens is 352 g/mol. The van der Waals surface area contributed by atoms with E-state index in [4.69, 9.17) is 9.15 Å². The molecule has 1 N–H and O–H groups in total. The maximum atomic E-state index is 12.4. The molecule has 0 saturated carbocycles. The number of likely N-dealkylation sites (N-methyl/N-ethyl adjacent to an activating group) is 1. The van der Waals surface area contributed by atoms with Gasteiger partial charge in [-0.05, 0) is 49.4 Å². The maximum absolute atomic E-state index is 12.4. The maximum Gasteiger partial charge on any atom is 0.234 e. The molecule has 28 heavy (non-hydrogen) atoms. The third kappa shape index (κ3) is 4.93. The van der Waals surface area contributed by atoms with Crippen LogP contribution < -0.4 is 10.1 Å². The fraction of sp³-hybridized carbons (Fsp3) is 0.348. The monoisotopic (exact) mass is 380 g/mol. The number of ether oxygens (including phenoxy) is 1. The van der Waals surface area contributed by atoms with Crippen molar-refractivity contribution in [1.82, 2.24) is 10.2 Å². The van der Waals surface area contributed by atoms with Gasteiger partial charge in [-0.2, -0.15) is 0 Å². The number of nitrogens with zero attached hydrogens (tertiary/aromatic N) is 1. The van der Waals surface area contributed by atoms with Crippen LogP contribution in [0.5, 0.6) is 5.75 Å². The molecule has 5 nitrogen and oxygen atoms in total. The Morgan fingerprint density at radius 3 is 2.75 bits per heavy atom. The molecule has 148 valence electrons. The number of hydrogen-bond acceptors (Lipinski definition) is 4. The van der Waals surface area contributed by atoms with E-state index in [-0.39, 0.29) is 11.9 Å². The Hall–Kier alpha value is -2.79. The number of furan rings is 1. The molecule has 1 amide bonds. The summed E-state index contributed by atoms with van der Waals surface area (Å²) in [6, 6.07) is 15.9. The van der Waals surface area contributed by atoms with Crippen LogP contribution in [-0.2, 0) is 11.3 Å². The van der Waals surface area contributed by atoms with Gasteiger partial charge < -0.3 is 14.5 Å². The molecule has 1 unspecified atom stereocenters. The third-order valence-electron chi connectivity index (χ3n) is 4.65. The van der Waals surface area contributed by atoms with Crippen LogP contribution in [0.2, 0.25) is 0 Å². The summed E-state index contributed by atoms with van der Waals surface area (Å²) in [7, 11) is 1.95. The van der Waals surface area contributed by atoms with Gasteiger partial charge in [-0.15, -0.1) is 0 Å². The van der Waals surface area contributed by atoms with Gasteiger partial charge in [0.25, 0.3) is 0 Å². The van der Waals surface area contributed by atoms with Crippen molar-refractivity contribution >= 4 is 16.7 Å². The third-order valence-corrected chi connectivity index (χ3v) is 4.65. The second-order valence-corrected chi connectivity index (χ2v) is 7.09. The molecule has 1 atom stereocenters. The van der Waals surface area contributed by atoms with Gasteiger partial charge in [0.1, 0.15) is 11.5 Å². The number of fused-ring (bicyclic) bond motifs is 1. The van der Waals surface area contributed by atoms with Crippen LogP contribution in [0, 0.1) is 0 Å². The van der Waals surface area contributed by atoms with Crippen LogP contribution >= 0.6 is 0 Å². The average Bonchev–Trinajstić information content (AvgIpc) is 3.22. The summed E-state index contributed by atoms with van der Waals surface area (Å²) < 4.78 is 11.3. The lowest BCUT2D eigenvalue weighted by atomic mass is 10.0. The number of hydrogen-bond donors (Lipinski definition) is 1. The minimum Gasteiger partial charge on any atom is -0.493 e. The predicted molar refractivity (Wildman–Crippen MR) is 111 cm³/mol. The SMILES string of the molecule is CCCOc1ccc2ccccc2c1CN(C)CC(=O)NC(C)c1ccco1. The highest BCUT2D eigenvalue weighted by atomic mass is 16.5. The molecule has 0 fully saturated rings. The van der Waals surface area contributed by atoms with E-state index in [0.717, 1.165) is 28.9 Å². The van der Waals surface area contributed by atoms with Gasteiger partial charge in [0.15, 0.2) is 0 Å². The molecule has 1 aromatic heterocycles. The topological polar surface area (TPSA) is 54.7 Å². The lowest BCUT2D eigenvalue weighted by Crippen LogP contribution is -2.36. The van der Waals surface area contributed by atoms with Gasteiger partial charge in [-0.25, -0.2) is 0 Å². The van der Waals surface area contributed by atoms with E-state index < -0.39 is 0 Å². The van der Waals surface area contributed by atoms with Crippen molar-refractivity contribution in [3.05, 3.63) is 66.1 Å². The van der Waals surface area contributed by atoms with Crippen molar-refractivity contribution in [2.45, 2.75) is 32.9 Å². The van der Waals surface area contributed by atoms with Crippen molar-refractivity contribution in [3.8, 4) is 5.75 Å². The number of carbonyl (C=O) groups excluding carboxylic acids is 1. The average molecular weight is 380 g/mol. The fourth-order valence-corrected chi connectivity index (χ4v) is 3.29. The first kappa shape index (κ1) is 20.0. The Morgan fingerprint density at radius 2 is 2.00 bits per heavy atom. The van der Waals surface area contributed by atoms with E-state index in [1.165, 1.54) is 5.39 Å². The Balaban J connectivity index is 1.71. The predicted octanol–water partition coefficient (Wildman–Crippen LogP) is 4.53. The van der Waals surface area contributed by atoms with Crippen LogP contribution in [0.4, 0.5) is 0 Å². The summed E-state index contributed by atoms with van der Waals surface area (Å²) in [6.45, 7) is 5.61. The van der Waals surface area contributed by atoms with E-state index in [0.29, 0.717) is 19.7 Å². The summed E-state index contributed by atoms with van der Waals surface area (Å²) in [4.78, 5) is 14.4. The standard InChI is InChI=1S/C23H28N2O3/c1-4-13-27-22-12-11-18-8-5-6-9-19(18)20(22)15-25(3)16-23(26)24-17(2)21-10-7-14-28-21/h5-12,14,17H,4,13,15-16H2,1-3H3,(H,24,26).